The molecule has 8 nitrogen and oxygen atoms in total. The van der Waals surface area contributed by atoms with Crippen LogP contribution in [0.5, 0.6) is 17.2 Å². The van der Waals surface area contributed by atoms with Crippen LogP contribution < -0.4 is 25.0 Å². The van der Waals surface area contributed by atoms with Crippen molar-refractivity contribution in [3.8, 4) is 17.2 Å². The predicted molar refractivity (Wildman–Crippen MR) is 154 cm³/mol. The average Bonchev–Trinajstić information content (AvgIpc) is 3.48. The number of nitrogens with one attached hydrogen (secondary N) is 2. The highest BCUT2D eigenvalue weighted by atomic mass is 32.1. The summed E-state index contributed by atoms with van der Waals surface area (Å²) in [5, 5.41) is 12.6. The normalized spacial score (nSPS) is 19.9. The third kappa shape index (κ3) is 6.20. The number of aryl methyl sites for hydroxylation is 1. The minimum atomic E-state index is -0.0222. The fourth-order valence-electron chi connectivity index (χ4n) is 6.44. The second kappa shape index (κ2) is 11.3. The lowest BCUT2D eigenvalue weighted by molar-refractivity contribution is 0.162. The van der Waals surface area contributed by atoms with Gasteiger partial charge in [0, 0.05) is 34.1 Å². The van der Waals surface area contributed by atoms with E-state index in [0.29, 0.717) is 35.3 Å². The fraction of sp³-hybridized carbons (Fsp3) is 0.655. The summed E-state index contributed by atoms with van der Waals surface area (Å²) in [6, 6.07) is 6.41. The van der Waals surface area contributed by atoms with E-state index < -0.39 is 0 Å². The summed E-state index contributed by atoms with van der Waals surface area (Å²) >= 11 is 1.60. The Morgan fingerprint density at radius 3 is 2.21 bits per heavy atom. The van der Waals surface area contributed by atoms with Crippen molar-refractivity contribution >= 4 is 17.5 Å². The van der Waals surface area contributed by atoms with Crippen LogP contribution in [0.1, 0.15) is 76.7 Å². The van der Waals surface area contributed by atoms with E-state index in [0.717, 1.165) is 42.1 Å². The number of hydrogen-bond acceptors (Lipinski definition) is 7. The average molecular weight is 544 g/mol. The highest BCUT2D eigenvalue weighted by Gasteiger charge is 2.39. The van der Waals surface area contributed by atoms with Crippen molar-refractivity contribution in [2.24, 2.45) is 4.99 Å². The zero-order chi connectivity index (χ0) is 27.7. The number of ether oxygens (including phenoxy) is 3. The van der Waals surface area contributed by atoms with Crippen LogP contribution in [-0.4, -0.2) is 59.3 Å². The molecule has 2 N–H and O–H groups in total. The molecule has 0 amide bonds. The summed E-state index contributed by atoms with van der Waals surface area (Å²) in [5.41, 5.74) is 1.44. The number of aliphatic imine (C=N–C) groups is 1. The molecule has 1 aliphatic heterocycles. The van der Waals surface area contributed by atoms with Crippen LogP contribution in [0.4, 0.5) is 0 Å². The first-order chi connectivity index (χ1) is 18.0. The monoisotopic (exact) mass is 543 g/mol. The van der Waals surface area contributed by atoms with E-state index in [-0.39, 0.29) is 17.1 Å². The molecule has 0 bridgehead atoms. The zero-order valence-corrected chi connectivity index (χ0v) is 25.1. The van der Waals surface area contributed by atoms with E-state index >= 15 is 0 Å². The number of nitrogens with zero attached hydrogens (tertiary/aromatic N) is 3. The van der Waals surface area contributed by atoms with Crippen molar-refractivity contribution in [1.29, 1.82) is 5.41 Å². The summed E-state index contributed by atoms with van der Waals surface area (Å²) in [6.07, 6.45) is 6.50. The Morgan fingerprint density at radius 1 is 1.05 bits per heavy atom. The van der Waals surface area contributed by atoms with E-state index in [1.165, 1.54) is 12.8 Å². The molecule has 1 aromatic heterocycles. The number of piperidine rings is 1. The maximum absolute atomic E-state index is 8.83. The van der Waals surface area contributed by atoms with Crippen LogP contribution in [0.15, 0.2) is 23.2 Å². The molecule has 0 spiro atoms. The molecule has 0 unspecified atom stereocenters. The van der Waals surface area contributed by atoms with Crippen molar-refractivity contribution in [2.45, 2.75) is 103 Å². The Bertz CT molecular complexity index is 1190. The van der Waals surface area contributed by atoms with E-state index in [1.54, 1.807) is 32.9 Å². The zero-order valence-electron chi connectivity index (χ0n) is 24.3. The minimum Gasteiger partial charge on any atom is -0.493 e. The SMILES string of the molecule is COc1ccc(CN(C(=NC2CC(C)(C)NC(C)(C)C2)n2sc(C)cc2=N)C2CCCC2)c(OC)c1OC. The lowest BCUT2D eigenvalue weighted by Gasteiger charge is -2.45. The molecule has 1 aliphatic carbocycles. The lowest BCUT2D eigenvalue weighted by atomic mass is 9.80. The molecular weight excluding hydrogens is 498 g/mol. The third-order valence-corrected chi connectivity index (χ3v) is 8.54. The number of methoxy groups -OCH3 is 3. The summed E-state index contributed by atoms with van der Waals surface area (Å²) in [4.78, 5) is 9.03. The first kappa shape index (κ1) is 28.5. The Balaban J connectivity index is 1.85. The van der Waals surface area contributed by atoms with Gasteiger partial charge in [-0.15, -0.1) is 0 Å². The Labute approximate surface area is 231 Å². The van der Waals surface area contributed by atoms with E-state index in [1.807, 2.05) is 16.1 Å². The quantitative estimate of drug-likeness (QED) is 0.365. The van der Waals surface area contributed by atoms with Gasteiger partial charge in [0.05, 0.1) is 27.4 Å². The second-order valence-electron chi connectivity index (χ2n) is 12.0. The molecule has 1 saturated heterocycles. The van der Waals surface area contributed by atoms with Gasteiger partial charge in [-0.3, -0.25) is 5.41 Å². The van der Waals surface area contributed by atoms with Gasteiger partial charge in [-0.2, -0.15) is 0 Å². The van der Waals surface area contributed by atoms with Crippen LogP contribution in [0.3, 0.4) is 0 Å². The first-order valence-electron chi connectivity index (χ1n) is 13.6. The van der Waals surface area contributed by atoms with E-state index in [4.69, 9.17) is 24.6 Å². The van der Waals surface area contributed by atoms with Crippen molar-refractivity contribution < 1.29 is 14.2 Å². The van der Waals surface area contributed by atoms with Gasteiger partial charge < -0.3 is 24.4 Å². The van der Waals surface area contributed by atoms with Gasteiger partial charge in [0.2, 0.25) is 11.7 Å². The van der Waals surface area contributed by atoms with Crippen LogP contribution in [0.2, 0.25) is 0 Å². The number of rotatable bonds is 7. The van der Waals surface area contributed by atoms with Crippen molar-refractivity contribution in [3.63, 3.8) is 0 Å². The maximum atomic E-state index is 8.83. The van der Waals surface area contributed by atoms with Crippen LogP contribution >= 0.6 is 11.5 Å². The smallest absolute Gasteiger partial charge is 0.217 e. The molecule has 2 aromatic rings. The molecule has 4 rings (SSSR count). The molecule has 2 aliphatic rings. The molecule has 210 valence electrons. The van der Waals surface area contributed by atoms with Crippen molar-refractivity contribution in [2.75, 3.05) is 21.3 Å². The summed E-state index contributed by atoms with van der Waals surface area (Å²) in [6.45, 7) is 11.7. The van der Waals surface area contributed by atoms with Gasteiger partial charge in [-0.05, 0) is 78.5 Å². The van der Waals surface area contributed by atoms with E-state index in [9.17, 15) is 0 Å². The van der Waals surface area contributed by atoms with Crippen molar-refractivity contribution in [1.82, 2.24) is 14.2 Å². The molecule has 38 heavy (non-hydrogen) atoms. The molecule has 2 heterocycles. The summed E-state index contributed by atoms with van der Waals surface area (Å²) < 4.78 is 19.1. The predicted octanol–water partition coefficient (Wildman–Crippen LogP) is 5.32. The second-order valence-corrected chi connectivity index (χ2v) is 13.2. The molecule has 1 saturated carbocycles. The molecule has 2 fully saturated rings. The van der Waals surface area contributed by atoms with E-state index in [2.05, 4.69) is 50.9 Å². The highest BCUT2D eigenvalue weighted by molar-refractivity contribution is 7.07. The van der Waals surface area contributed by atoms with Gasteiger partial charge in [-0.25, -0.2) is 8.95 Å². The van der Waals surface area contributed by atoms with Gasteiger partial charge in [-0.1, -0.05) is 24.4 Å². The fourth-order valence-corrected chi connectivity index (χ4v) is 7.27. The van der Waals surface area contributed by atoms with Crippen molar-refractivity contribution in [3.05, 3.63) is 34.1 Å². The van der Waals surface area contributed by atoms with Gasteiger partial charge in [0.1, 0.15) is 5.49 Å². The van der Waals surface area contributed by atoms with Gasteiger partial charge in [0.25, 0.3) is 0 Å². The summed E-state index contributed by atoms with van der Waals surface area (Å²) in [5.74, 6) is 2.79. The molecular formula is C29H45N5O3S. The number of hydrogen-bond donors (Lipinski definition) is 2. The number of benzene rings is 1. The highest BCUT2D eigenvalue weighted by Crippen LogP contribution is 2.41. The molecule has 0 radical (unpaired) electrons. The van der Waals surface area contributed by atoms with Gasteiger partial charge in [0.15, 0.2) is 11.5 Å². The Hall–Kier alpha value is -2.52. The lowest BCUT2D eigenvalue weighted by Crippen LogP contribution is -2.59. The first-order valence-corrected chi connectivity index (χ1v) is 14.4. The standard InChI is InChI=1S/C29H45N5O3S/c1-19-15-24(30)34(38-19)27(31-21-16-28(2,3)32-29(4,5)17-21)33(22-11-9-10-12-22)18-20-13-14-23(35-6)26(37-8)25(20)36-7/h13-15,21-22,30,32H,9-12,16-18H2,1-8H3. The maximum Gasteiger partial charge on any atom is 0.217 e. The minimum absolute atomic E-state index is 0.0222. The topological polar surface area (TPSA) is 84.1 Å². The summed E-state index contributed by atoms with van der Waals surface area (Å²) in [7, 11) is 4.96. The van der Waals surface area contributed by atoms with Crippen LogP contribution in [0, 0.1) is 12.3 Å². The Morgan fingerprint density at radius 2 is 1.68 bits per heavy atom. The molecule has 1 aromatic carbocycles. The van der Waals surface area contributed by atoms with Gasteiger partial charge >= 0.3 is 0 Å². The van der Waals surface area contributed by atoms with Crippen LogP contribution in [-0.2, 0) is 6.54 Å². The number of aromatic nitrogens is 1. The molecule has 0 atom stereocenters. The molecule has 9 heteroatoms. The van der Waals surface area contributed by atoms with Crippen LogP contribution in [0.25, 0.3) is 0 Å². The largest absolute Gasteiger partial charge is 0.493 e. The third-order valence-electron chi connectivity index (χ3n) is 7.59. The Kier molecular flexibility index (Phi) is 8.47.